The molecule has 5 heteroatoms. The van der Waals surface area contributed by atoms with Crippen LogP contribution in [0.15, 0.2) is 30.3 Å². The van der Waals surface area contributed by atoms with E-state index in [9.17, 15) is 15.0 Å². The SMILES string of the molecule is O=C(O)C1CC(O)CN1CC(O)c1ccccc1. The maximum absolute atomic E-state index is 11.0. The fraction of sp³-hybridized carbons (Fsp3) is 0.462. The number of rotatable bonds is 4. The molecule has 18 heavy (non-hydrogen) atoms. The van der Waals surface area contributed by atoms with E-state index in [-0.39, 0.29) is 13.0 Å². The van der Waals surface area contributed by atoms with Gasteiger partial charge in [0, 0.05) is 19.5 Å². The highest BCUT2D eigenvalue weighted by molar-refractivity contribution is 5.74. The van der Waals surface area contributed by atoms with Crippen LogP contribution in [0, 0.1) is 0 Å². The van der Waals surface area contributed by atoms with Gasteiger partial charge in [-0.1, -0.05) is 30.3 Å². The molecular formula is C13H17NO4. The van der Waals surface area contributed by atoms with E-state index < -0.39 is 24.2 Å². The lowest BCUT2D eigenvalue weighted by Gasteiger charge is -2.23. The molecule has 1 aliphatic rings. The number of likely N-dealkylation sites (tertiary alicyclic amines) is 1. The highest BCUT2D eigenvalue weighted by Gasteiger charge is 2.36. The molecule has 1 saturated heterocycles. The number of hydrogen-bond donors (Lipinski definition) is 3. The number of benzene rings is 1. The number of aliphatic hydroxyl groups is 2. The van der Waals surface area contributed by atoms with Crippen LogP contribution in [0.25, 0.3) is 0 Å². The van der Waals surface area contributed by atoms with Crippen molar-refractivity contribution in [2.45, 2.75) is 24.7 Å². The van der Waals surface area contributed by atoms with Gasteiger partial charge in [-0.2, -0.15) is 0 Å². The molecule has 0 aromatic heterocycles. The van der Waals surface area contributed by atoms with Gasteiger partial charge in [-0.25, -0.2) is 0 Å². The first kappa shape index (κ1) is 13.0. The van der Waals surface area contributed by atoms with Crippen LogP contribution in [-0.2, 0) is 4.79 Å². The molecule has 1 aliphatic heterocycles. The molecule has 0 spiro atoms. The number of hydrogen-bond acceptors (Lipinski definition) is 4. The zero-order valence-corrected chi connectivity index (χ0v) is 9.94. The minimum absolute atomic E-state index is 0.219. The molecule has 1 aromatic carbocycles. The van der Waals surface area contributed by atoms with Gasteiger partial charge in [0.25, 0.3) is 0 Å². The lowest BCUT2D eigenvalue weighted by Crippen LogP contribution is -2.38. The molecule has 0 amide bonds. The average molecular weight is 251 g/mol. The van der Waals surface area contributed by atoms with E-state index in [0.717, 1.165) is 5.56 Å². The van der Waals surface area contributed by atoms with Crippen LogP contribution in [0.5, 0.6) is 0 Å². The Kier molecular flexibility index (Phi) is 3.96. The Morgan fingerprint density at radius 1 is 1.39 bits per heavy atom. The Morgan fingerprint density at radius 2 is 2.06 bits per heavy atom. The van der Waals surface area contributed by atoms with Gasteiger partial charge in [-0.15, -0.1) is 0 Å². The predicted octanol–water partition coefficient (Wildman–Crippen LogP) is 0.240. The number of aliphatic hydroxyl groups excluding tert-OH is 2. The summed E-state index contributed by atoms with van der Waals surface area (Å²) in [5.41, 5.74) is 0.753. The van der Waals surface area contributed by atoms with Crippen molar-refractivity contribution in [1.29, 1.82) is 0 Å². The van der Waals surface area contributed by atoms with Gasteiger partial charge in [0.05, 0.1) is 12.2 Å². The summed E-state index contributed by atoms with van der Waals surface area (Å²) in [6, 6.07) is 8.40. The predicted molar refractivity (Wildman–Crippen MR) is 65.0 cm³/mol. The number of β-amino-alcohol motifs (C(OH)–C–C–N with tert-alkyl or cyclic N) is 2. The number of carboxylic acids is 1. The van der Waals surface area contributed by atoms with Gasteiger partial charge in [-0.05, 0) is 5.56 Å². The summed E-state index contributed by atoms with van der Waals surface area (Å²) in [7, 11) is 0. The van der Waals surface area contributed by atoms with Crippen molar-refractivity contribution in [3.8, 4) is 0 Å². The summed E-state index contributed by atoms with van der Waals surface area (Å²) in [5, 5.41) is 28.6. The Labute approximate surface area is 105 Å². The van der Waals surface area contributed by atoms with Gasteiger partial charge in [0.2, 0.25) is 0 Å². The normalized spacial score (nSPS) is 26.1. The molecule has 5 nitrogen and oxygen atoms in total. The summed E-state index contributed by atoms with van der Waals surface area (Å²) in [4.78, 5) is 12.7. The molecule has 2 rings (SSSR count). The third-order valence-corrected chi connectivity index (χ3v) is 3.26. The lowest BCUT2D eigenvalue weighted by atomic mass is 10.1. The summed E-state index contributed by atoms with van der Waals surface area (Å²) < 4.78 is 0. The van der Waals surface area contributed by atoms with Crippen LogP contribution >= 0.6 is 0 Å². The van der Waals surface area contributed by atoms with Gasteiger partial charge in [0.1, 0.15) is 6.04 Å². The third-order valence-electron chi connectivity index (χ3n) is 3.26. The van der Waals surface area contributed by atoms with Crippen molar-refractivity contribution < 1.29 is 20.1 Å². The zero-order valence-electron chi connectivity index (χ0n) is 9.94. The van der Waals surface area contributed by atoms with Gasteiger partial charge in [-0.3, -0.25) is 9.69 Å². The second-order valence-electron chi connectivity index (χ2n) is 4.62. The largest absolute Gasteiger partial charge is 0.480 e. The second-order valence-corrected chi connectivity index (χ2v) is 4.62. The van der Waals surface area contributed by atoms with E-state index in [4.69, 9.17) is 5.11 Å². The number of nitrogens with zero attached hydrogens (tertiary/aromatic N) is 1. The topological polar surface area (TPSA) is 81.0 Å². The summed E-state index contributed by atoms with van der Waals surface area (Å²) in [6.45, 7) is 0.513. The highest BCUT2D eigenvalue weighted by Crippen LogP contribution is 2.22. The Balaban J connectivity index is 2.02. The minimum atomic E-state index is -0.952. The monoisotopic (exact) mass is 251 g/mol. The Morgan fingerprint density at radius 3 is 2.67 bits per heavy atom. The molecule has 3 N–H and O–H groups in total. The fourth-order valence-corrected chi connectivity index (χ4v) is 2.34. The standard InChI is InChI=1S/C13H17NO4/c15-10-6-11(13(17)18)14(7-10)8-12(16)9-4-2-1-3-5-9/h1-5,10-12,15-16H,6-8H2,(H,17,18). The minimum Gasteiger partial charge on any atom is -0.480 e. The first-order valence-corrected chi connectivity index (χ1v) is 5.96. The van der Waals surface area contributed by atoms with E-state index in [1.165, 1.54) is 0 Å². The molecule has 0 radical (unpaired) electrons. The van der Waals surface area contributed by atoms with E-state index in [1.807, 2.05) is 18.2 Å². The van der Waals surface area contributed by atoms with Gasteiger partial charge < -0.3 is 15.3 Å². The Hall–Kier alpha value is -1.43. The third kappa shape index (κ3) is 2.87. The molecule has 1 aromatic rings. The maximum atomic E-state index is 11.0. The fourth-order valence-electron chi connectivity index (χ4n) is 2.34. The lowest BCUT2D eigenvalue weighted by molar-refractivity contribution is -0.142. The van der Waals surface area contributed by atoms with Crippen LogP contribution in [-0.4, -0.2) is 51.4 Å². The average Bonchev–Trinajstić information content (AvgIpc) is 2.71. The second kappa shape index (κ2) is 5.48. The highest BCUT2D eigenvalue weighted by atomic mass is 16.4. The number of aliphatic carboxylic acids is 1. The first-order chi connectivity index (χ1) is 8.58. The summed E-state index contributed by atoms with van der Waals surface area (Å²) >= 11 is 0. The van der Waals surface area contributed by atoms with Crippen molar-refractivity contribution in [2.24, 2.45) is 0 Å². The van der Waals surface area contributed by atoms with Crippen molar-refractivity contribution in [2.75, 3.05) is 13.1 Å². The van der Waals surface area contributed by atoms with Crippen molar-refractivity contribution in [3.05, 3.63) is 35.9 Å². The zero-order chi connectivity index (χ0) is 13.1. The molecular weight excluding hydrogens is 234 g/mol. The van der Waals surface area contributed by atoms with E-state index >= 15 is 0 Å². The maximum Gasteiger partial charge on any atom is 0.321 e. The van der Waals surface area contributed by atoms with Crippen LogP contribution in [0.4, 0.5) is 0 Å². The molecule has 1 heterocycles. The van der Waals surface area contributed by atoms with Crippen LogP contribution in [0.2, 0.25) is 0 Å². The van der Waals surface area contributed by atoms with Crippen LogP contribution in [0.3, 0.4) is 0 Å². The van der Waals surface area contributed by atoms with Crippen molar-refractivity contribution in [3.63, 3.8) is 0 Å². The van der Waals surface area contributed by atoms with E-state index in [0.29, 0.717) is 6.54 Å². The number of carboxylic acid groups (broad SMARTS) is 1. The van der Waals surface area contributed by atoms with E-state index in [2.05, 4.69) is 0 Å². The Bertz CT molecular complexity index is 409. The first-order valence-electron chi connectivity index (χ1n) is 5.96. The molecule has 1 fully saturated rings. The molecule has 0 bridgehead atoms. The van der Waals surface area contributed by atoms with Crippen molar-refractivity contribution in [1.82, 2.24) is 4.90 Å². The number of carbonyl (C=O) groups is 1. The van der Waals surface area contributed by atoms with Gasteiger partial charge in [0.15, 0.2) is 0 Å². The van der Waals surface area contributed by atoms with Crippen LogP contribution < -0.4 is 0 Å². The summed E-state index contributed by atoms with van der Waals surface area (Å²) in [6.07, 6.45) is -1.15. The molecule has 3 unspecified atom stereocenters. The van der Waals surface area contributed by atoms with Gasteiger partial charge >= 0.3 is 5.97 Å². The van der Waals surface area contributed by atoms with Crippen molar-refractivity contribution >= 4 is 5.97 Å². The molecule has 3 atom stereocenters. The summed E-state index contributed by atoms with van der Waals surface area (Å²) in [5.74, 6) is -0.952. The smallest absolute Gasteiger partial charge is 0.321 e. The molecule has 0 aliphatic carbocycles. The molecule has 0 saturated carbocycles. The van der Waals surface area contributed by atoms with Crippen LogP contribution in [0.1, 0.15) is 18.1 Å². The van der Waals surface area contributed by atoms with E-state index in [1.54, 1.807) is 17.0 Å². The quantitative estimate of drug-likeness (QED) is 0.714. The molecule has 98 valence electrons.